The fraction of sp³-hybridized carbons (Fsp3) is 0.360. The normalized spacial score (nSPS) is 16.6. The Bertz CT molecular complexity index is 1280. The van der Waals surface area contributed by atoms with E-state index in [1.54, 1.807) is 4.90 Å². The molecule has 1 aliphatic heterocycles. The number of furan rings is 1. The highest BCUT2D eigenvalue weighted by Gasteiger charge is 2.27. The van der Waals surface area contributed by atoms with Crippen molar-refractivity contribution in [3.63, 3.8) is 0 Å². The van der Waals surface area contributed by atoms with E-state index in [2.05, 4.69) is 9.88 Å². The van der Waals surface area contributed by atoms with Gasteiger partial charge in [0.2, 0.25) is 5.91 Å². The van der Waals surface area contributed by atoms with Crippen molar-refractivity contribution in [2.45, 2.75) is 31.8 Å². The molecular formula is C25H28N4O3. The summed E-state index contributed by atoms with van der Waals surface area (Å²) in [6.45, 7) is 3.94. The van der Waals surface area contributed by atoms with Gasteiger partial charge in [-0.2, -0.15) is 0 Å². The maximum absolute atomic E-state index is 13.0. The van der Waals surface area contributed by atoms with E-state index in [-0.39, 0.29) is 23.7 Å². The van der Waals surface area contributed by atoms with Crippen molar-refractivity contribution in [1.82, 2.24) is 19.4 Å². The number of hydrogen-bond acceptors (Lipinski definition) is 4. The zero-order valence-corrected chi connectivity index (χ0v) is 18.5. The Labute approximate surface area is 186 Å². The van der Waals surface area contributed by atoms with Gasteiger partial charge in [0.1, 0.15) is 11.3 Å². The number of nitrogens with one attached hydrogen (secondary N) is 1. The van der Waals surface area contributed by atoms with Crippen molar-refractivity contribution >= 4 is 27.9 Å². The number of piperidine rings is 1. The van der Waals surface area contributed by atoms with E-state index in [0.29, 0.717) is 6.54 Å². The minimum absolute atomic E-state index is 0.0554. The van der Waals surface area contributed by atoms with Crippen LogP contribution in [0.4, 0.5) is 0 Å². The molecule has 0 saturated carbocycles. The molecule has 7 nitrogen and oxygen atoms in total. The van der Waals surface area contributed by atoms with E-state index in [1.165, 1.54) is 0 Å². The van der Waals surface area contributed by atoms with Crippen LogP contribution in [0, 0.1) is 0 Å². The molecule has 2 aromatic heterocycles. The molecular weight excluding hydrogens is 404 g/mol. The lowest BCUT2D eigenvalue weighted by molar-refractivity contribution is -0.133. The topological polar surface area (TPSA) is 74.5 Å². The lowest BCUT2D eigenvalue weighted by Crippen LogP contribution is -2.43. The third kappa shape index (κ3) is 3.73. The molecule has 3 heterocycles. The number of aromatic nitrogens is 2. The molecule has 1 amide bonds. The zero-order chi connectivity index (χ0) is 22.2. The second kappa shape index (κ2) is 8.31. The molecule has 1 fully saturated rings. The number of hydrogen-bond donors (Lipinski definition) is 1. The molecule has 32 heavy (non-hydrogen) atoms. The number of nitrogens with zero attached hydrogens (tertiary/aromatic N) is 3. The number of carbonyl (C=O) groups is 1. The molecule has 1 unspecified atom stereocenters. The predicted molar refractivity (Wildman–Crippen MR) is 125 cm³/mol. The average Bonchev–Trinajstić information content (AvgIpc) is 3.39. The Morgan fingerprint density at radius 1 is 1.16 bits per heavy atom. The maximum atomic E-state index is 13.0. The number of likely N-dealkylation sites (tertiary alicyclic amines) is 1. The van der Waals surface area contributed by atoms with Gasteiger partial charge in [-0.3, -0.25) is 14.3 Å². The van der Waals surface area contributed by atoms with Gasteiger partial charge in [-0.1, -0.05) is 30.3 Å². The van der Waals surface area contributed by atoms with Gasteiger partial charge >= 0.3 is 5.69 Å². The molecule has 1 atom stereocenters. The fourth-order valence-corrected chi connectivity index (χ4v) is 4.69. The van der Waals surface area contributed by atoms with Crippen molar-refractivity contribution in [2.75, 3.05) is 26.7 Å². The van der Waals surface area contributed by atoms with E-state index >= 15 is 0 Å². The molecule has 1 saturated heterocycles. The lowest BCUT2D eigenvalue weighted by Gasteiger charge is -2.33. The number of rotatable bonds is 5. The van der Waals surface area contributed by atoms with Crippen LogP contribution in [0.15, 0.2) is 63.8 Å². The van der Waals surface area contributed by atoms with E-state index in [4.69, 9.17) is 4.42 Å². The first-order chi connectivity index (χ1) is 15.5. The van der Waals surface area contributed by atoms with Crippen LogP contribution in [0.25, 0.3) is 22.0 Å². The average molecular weight is 433 g/mol. The van der Waals surface area contributed by atoms with Crippen LogP contribution in [0.2, 0.25) is 0 Å². The van der Waals surface area contributed by atoms with E-state index in [9.17, 15) is 9.59 Å². The van der Waals surface area contributed by atoms with Crippen molar-refractivity contribution < 1.29 is 9.21 Å². The number of para-hydroxylation sites is 3. The third-order valence-corrected chi connectivity index (χ3v) is 6.74. The molecule has 2 aromatic carbocycles. The van der Waals surface area contributed by atoms with E-state index in [1.807, 2.05) is 73.1 Å². The molecule has 166 valence electrons. The molecule has 1 aliphatic rings. The molecule has 0 spiro atoms. The van der Waals surface area contributed by atoms with Crippen molar-refractivity contribution in [1.29, 1.82) is 0 Å². The van der Waals surface area contributed by atoms with Gasteiger partial charge in [0.15, 0.2) is 0 Å². The Morgan fingerprint density at radius 2 is 1.88 bits per heavy atom. The summed E-state index contributed by atoms with van der Waals surface area (Å²) in [6.07, 6.45) is 1.69. The van der Waals surface area contributed by atoms with Gasteiger partial charge in [0.05, 0.1) is 23.6 Å². The van der Waals surface area contributed by atoms with Crippen LogP contribution < -0.4 is 5.69 Å². The SMILES string of the molecule is CC(c1cc2ccccc2o1)N(C)C(=O)CN1CCC(n2c(=O)[nH]c3ccccc32)CC1. The highest BCUT2D eigenvalue weighted by atomic mass is 16.3. The van der Waals surface area contributed by atoms with E-state index < -0.39 is 0 Å². The summed E-state index contributed by atoms with van der Waals surface area (Å²) in [5.74, 6) is 0.861. The molecule has 0 radical (unpaired) electrons. The van der Waals surface area contributed by atoms with Gasteiger partial charge in [-0.05, 0) is 44.0 Å². The third-order valence-electron chi connectivity index (χ3n) is 6.74. The highest BCUT2D eigenvalue weighted by molar-refractivity contribution is 5.80. The quantitative estimate of drug-likeness (QED) is 0.519. The van der Waals surface area contributed by atoms with Crippen LogP contribution in [0.1, 0.15) is 37.6 Å². The number of imidazole rings is 1. The fourth-order valence-electron chi connectivity index (χ4n) is 4.69. The molecule has 1 N–H and O–H groups in total. The molecule has 0 bridgehead atoms. The predicted octanol–water partition coefficient (Wildman–Crippen LogP) is 3.93. The van der Waals surface area contributed by atoms with Gasteiger partial charge in [0, 0.05) is 31.6 Å². The first-order valence-corrected chi connectivity index (χ1v) is 11.2. The van der Waals surface area contributed by atoms with Crippen molar-refractivity contribution in [3.05, 3.63) is 70.8 Å². The smallest absolute Gasteiger partial charge is 0.326 e. The Kier molecular flexibility index (Phi) is 5.35. The second-order valence-corrected chi connectivity index (χ2v) is 8.69. The maximum Gasteiger partial charge on any atom is 0.326 e. The zero-order valence-electron chi connectivity index (χ0n) is 18.5. The Hall–Kier alpha value is -3.32. The number of fused-ring (bicyclic) bond motifs is 2. The summed E-state index contributed by atoms with van der Waals surface area (Å²) >= 11 is 0. The number of likely N-dealkylation sites (N-methyl/N-ethyl adjacent to an activating group) is 1. The summed E-state index contributed by atoms with van der Waals surface area (Å²) < 4.78 is 7.83. The van der Waals surface area contributed by atoms with Crippen molar-refractivity contribution in [3.8, 4) is 0 Å². The van der Waals surface area contributed by atoms with Crippen LogP contribution >= 0.6 is 0 Å². The van der Waals surface area contributed by atoms with Crippen LogP contribution in [-0.2, 0) is 4.79 Å². The Balaban J connectivity index is 1.21. The van der Waals surface area contributed by atoms with Crippen LogP contribution in [0.5, 0.6) is 0 Å². The molecule has 4 aromatic rings. The van der Waals surface area contributed by atoms with Gasteiger partial charge in [-0.25, -0.2) is 4.79 Å². The summed E-state index contributed by atoms with van der Waals surface area (Å²) in [5.41, 5.74) is 2.60. The summed E-state index contributed by atoms with van der Waals surface area (Å²) in [5, 5.41) is 1.05. The minimum Gasteiger partial charge on any atom is -0.459 e. The molecule has 5 rings (SSSR count). The largest absolute Gasteiger partial charge is 0.459 e. The number of amides is 1. The molecule has 0 aliphatic carbocycles. The number of H-pyrrole nitrogens is 1. The number of carbonyl (C=O) groups excluding carboxylic acids is 1. The van der Waals surface area contributed by atoms with E-state index in [0.717, 1.165) is 53.7 Å². The Morgan fingerprint density at radius 3 is 2.66 bits per heavy atom. The standard InChI is InChI=1S/C25H28N4O3/c1-17(23-15-18-7-3-6-10-22(18)32-23)27(2)24(30)16-28-13-11-19(12-14-28)29-21-9-5-4-8-20(21)26-25(29)31/h3-10,15,17,19H,11-14,16H2,1-2H3,(H,26,31). The highest BCUT2D eigenvalue weighted by Crippen LogP contribution is 2.28. The summed E-state index contributed by atoms with van der Waals surface area (Å²) in [6, 6.07) is 17.7. The second-order valence-electron chi connectivity index (χ2n) is 8.69. The first-order valence-electron chi connectivity index (χ1n) is 11.2. The minimum atomic E-state index is -0.141. The summed E-state index contributed by atoms with van der Waals surface area (Å²) in [7, 11) is 1.83. The summed E-state index contributed by atoms with van der Waals surface area (Å²) in [4.78, 5) is 32.3. The van der Waals surface area contributed by atoms with Crippen molar-refractivity contribution in [2.24, 2.45) is 0 Å². The number of benzene rings is 2. The van der Waals surface area contributed by atoms with Crippen LogP contribution in [-0.4, -0.2) is 51.9 Å². The van der Waals surface area contributed by atoms with Gasteiger partial charge in [-0.15, -0.1) is 0 Å². The molecule has 7 heteroatoms. The number of aromatic amines is 1. The van der Waals surface area contributed by atoms with Gasteiger partial charge in [0.25, 0.3) is 0 Å². The lowest BCUT2D eigenvalue weighted by atomic mass is 10.0. The first kappa shape index (κ1) is 20.6. The van der Waals surface area contributed by atoms with Crippen LogP contribution in [0.3, 0.4) is 0 Å². The monoisotopic (exact) mass is 432 g/mol. The van der Waals surface area contributed by atoms with Gasteiger partial charge < -0.3 is 14.3 Å².